The summed E-state index contributed by atoms with van der Waals surface area (Å²) in [6, 6.07) is 36.0. The van der Waals surface area contributed by atoms with E-state index in [1.165, 1.54) is 0 Å². The summed E-state index contributed by atoms with van der Waals surface area (Å²) in [5.41, 5.74) is 0. The smallest absolute Gasteiger partial charge is 0 e. The van der Waals surface area contributed by atoms with Crippen molar-refractivity contribution in [2.45, 2.75) is 83.1 Å². The van der Waals surface area contributed by atoms with Gasteiger partial charge in [0.15, 0.2) is 0 Å². The van der Waals surface area contributed by atoms with Crippen LogP contribution in [-0.4, -0.2) is 0 Å². The molecular weight excluding hydrogens is 473 g/mol. The van der Waals surface area contributed by atoms with Crippen molar-refractivity contribution >= 4 is 0 Å². The molecule has 0 unspecified atom stereocenters. The summed E-state index contributed by atoms with van der Waals surface area (Å²) in [6.07, 6.45) is 0. The minimum absolute atomic E-state index is 0. The van der Waals surface area contributed by atoms with Crippen molar-refractivity contribution in [3.63, 3.8) is 0 Å². The summed E-state index contributed by atoms with van der Waals surface area (Å²) in [5, 5.41) is 0. The van der Waals surface area contributed by atoms with Crippen LogP contribution in [0.3, 0.4) is 0 Å². The third kappa shape index (κ3) is 90.6. The van der Waals surface area contributed by atoms with E-state index in [4.69, 9.17) is 0 Å². The molecular formula is C32H60Y-2. The average molecular weight is 534 g/mol. The van der Waals surface area contributed by atoms with E-state index < -0.39 is 0 Å². The van der Waals surface area contributed by atoms with E-state index in [9.17, 15) is 0 Å². The van der Waals surface area contributed by atoms with Crippen LogP contribution >= 0.6 is 0 Å². The van der Waals surface area contributed by atoms with Crippen LogP contribution in [0.1, 0.15) is 83.1 Å². The van der Waals surface area contributed by atoms with E-state index in [2.05, 4.69) is 0 Å². The standard InChI is InChI=1S/3C6H6.6C2H6.2CH3.Y/c3*1-2-4-6-5-3-1;6*1-2;;;/h3*1-6H;6*1-2H3;2*1H3;/q;;;;;;;;;2*-1;. The molecule has 0 aliphatic rings. The predicted octanol–water partition coefficient (Wildman–Crippen LogP) is 12.1. The van der Waals surface area contributed by atoms with Crippen molar-refractivity contribution < 1.29 is 32.7 Å². The molecule has 193 valence electrons. The molecule has 0 nitrogen and oxygen atoms in total. The zero-order chi connectivity index (χ0) is 24.7. The first-order valence-corrected chi connectivity index (χ1v) is 12.0. The number of hydrogen-bond acceptors (Lipinski definition) is 0. The topological polar surface area (TPSA) is 0 Å². The fraction of sp³-hybridized carbons (Fsp3) is 0.375. The molecule has 0 aromatic heterocycles. The minimum Gasteiger partial charge on any atom is -0.358 e. The largest absolute Gasteiger partial charge is 0.358 e. The van der Waals surface area contributed by atoms with Gasteiger partial charge < -0.3 is 14.9 Å². The molecule has 0 amide bonds. The van der Waals surface area contributed by atoms with Gasteiger partial charge in [-0.1, -0.05) is 192 Å². The number of benzene rings is 3. The third-order valence-corrected chi connectivity index (χ3v) is 2.00. The van der Waals surface area contributed by atoms with Gasteiger partial charge >= 0.3 is 0 Å². The Morgan fingerprint density at radius 3 is 0.242 bits per heavy atom. The predicted molar refractivity (Wildman–Crippen MR) is 160 cm³/mol. The summed E-state index contributed by atoms with van der Waals surface area (Å²) < 4.78 is 0. The van der Waals surface area contributed by atoms with Crippen molar-refractivity contribution in [2.24, 2.45) is 0 Å². The van der Waals surface area contributed by atoms with Gasteiger partial charge in [0.1, 0.15) is 0 Å². The van der Waals surface area contributed by atoms with Gasteiger partial charge in [-0.3, -0.25) is 0 Å². The summed E-state index contributed by atoms with van der Waals surface area (Å²) >= 11 is 0. The van der Waals surface area contributed by atoms with Crippen LogP contribution in [0.2, 0.25) is 0 Å². The minimum atomic E-state index is 0. The molecule has 0 N–H and O–H groups in total. The fourth-order valence-electron chi connectivity index (χ4n) is 1.15. The van der Waals surface area contributed by atoms with Gasteiger partial charge in [-0.2, -0.15) is 0 Å². The van der Waals surface area contributed by atoms with Crippen molar-refractivity contribution in [1.29, 1.82) is 0 Å². The molecule has 1 radical (unpaired) electrons. The summed E-state index contributed by atoms with van der Waals surface area (Å²) in [7, 11) is 0. The molecule has 0 saturated carbocycles. The molecule has 0 spiro atoms. The second-order valence-corrected chi connectivity index (χ2v) is 3.46. The Labute approximate surface area is 238 Å². The summed E-state index contributed by atoms with van der Waals surface area (Å²) in [4.78, 5) is 0. The molecule has 0 heterocycles. The van der Waals surface area contributed by atoms with Gasteiger partial charge in [-0.25, -0.2) is 0 Å². The Morgan fingerprint density at radius 1 is 0.182 bits per heavy atom. The Balaban J connectivity index is -0.0000000295. The molecule has 1 heteroatoms. The van der Waals surface area contributed by atoms with E-state index in [-0.39, 0.29) is 47.6 Å². The molecule has 3 rings (SSSR count). The average Bonchev–Trinajstić information content (AvgIpc) is 2.95. The van der Waals surface area contributed by atoms with Crippen LogP contribution in [0.4, 0.5) is 0 Å². The molecule has 33 heavy (non-hydrogen) atoms. The third-order valence-electron chi connectivity index (χ3n) is 2.00. The van der Waals surface area contributed by atoms with Gasteiger partial charge in [0.05, 0.1) is 0 Å². The zero-order valence-corrected chi connectivity index (χ0v) is 27.8. The van der Waals surface area contributed by atoms with E-state index in [0.717, 1.165) is 0 Å². The number of hydrogen-bond donors (Lipinski definition) is 0. The molecule has 3 aromatic rings. The van der Waals surface area contributed by atoms with Crippen LogP contribution < -0.4 is 0 Å². The Hall–Kier alpha value is -1.24. The van der Waals surface area contributed by atoms with Crippen LogP contribution in [0, 0.1) is 14.9 Å². The zero-order valence-electron chi connectivity index (χ0n) is 25.0. The first-order chi connectivity index (χ1) is 15.0. The van der Waals surface area contributed by atoms with Crippen molar-refractivity contribution in [3.05, 3.63) is 124 Å². The monoisotopic (exact) mass is 533 g/mol. The normalized spacial score (nSPS) is 5.45. The van der Waals surface area contributed by atoms with Gasteiger partial charge in [0.25, 0.3) is 0 Å². The maximum atomic E-state index is 2.00. The SMILES string of the molecule is CC.CC.CC.CC.CC.CC.[CH3-].[CH3-].[Y].c1ccccc1.c1ccccc1.c1ccccc1. The van der Waals surface area contributed by atoms with Crippen LogP contribution in [-0.2, 0) is 32.7 Å². The van der Waals surface area contributed by atoms with Gasteiger partial charge in [0, 0.05) is 32.7 Å². The molecule has 3 aromatic carbocycles. The second kappa shape index (κ2) is 97.0. The van der Waals surface area contributed by atoms with E-state index in [1.54, 1.807) is 0 Å². The molecule has 0 atom stereocenters. The number of rotatable bonds is 0. The Morgan fingerprint density at radius 2 is 0.212 bits per heavy atom. The molecule has 0 fully saturated rings. The molecule has 0 aliphatic carbocycles. The van der Waals surface area contributed by atoms with Crippen molar-refractivity contribution in [3.8, 4) is 0 Å². The van der Waals surface area contributed by atoms with Crippen molar-refractivity contribution in [1.82, 2.24) is 0 Å². The maximum Gasteiger partial charge on any atom is 0 e. The van der Waals surface area contributed by atoms with Gasteiger partial charge in [0.2, 0.25) is 0 Å². The van der Waals surface area contributed by atoms with Gasteiger partial charge in [-0.05, 0) is 0 Å². The summed E-state index contributed by atoms with van der Waals surface area (Å²) in [6.45, 7) is 24.0. The summed E-state index contributed by atoms with van der Waals surface area (Å²) in [5.74, 6) is 0. The van der Waals surface area contributed by atoms with Crippen molar-refractivity contribution in [2.75, 3.05) is 0 Å². The van der Waals surface area contributed by atoms with Crippen LogP contribution in [0.5, 0.6) is 0 Å². The fourth-order valence-corrected chi connectivity index (χ4v) is 1.15. The Kier molecular flexibility index (Phi) is 170. The van der Waals surface area contributed by atoms with E-state index >= 15 is 0 Å². The Bertz CT molecular complexity index is 297. The molecule has 0 saturated heterocycles. The van der Waals surface area contributed by atoms with Gasteiger partial charge in [-0.15, -0.1) is 0 Å². The first-order valence-electron chi connectivity index (χ1n) is 12.0. The van der Waals surface area contributed by atoms with Crippen LogP contribution in [0.15, 0.2) is 109 Å². The van der Waals surface area contributed by atoms with E-state index in [0.29, 0.717) is 0 Å². The molecule has 0 bridgehead atoms. The maximum absolute atomic E-state index is 2.00. The first kappa shape index (κ1) is 58.0. The molecule has 0 aliphatic heterocycles. The second-order valence-electron chi connectivity index (χ2n) is 3.46. The van der Waals surface area contributed by atoms with Crippen LogP contribution in [0.25, 0.3) is 0 Å². The quantitative estimate of drug-likeness (QED) is 0.252. The van der Waals surface area contributed by atoms with E-state index in [1.807, 2.05) is 192 Å².